The number of urea groups is 1. The molecule has 3 rings (SSSR count). The van der Waals surface area contributed by atoms with Gasteiger partial charge in [0.1, 0.15) is 0 Å². The third-order valence-electron chi connectivity index (χ3n) is 3.02. The van der Waals surface area contributed by atoms with Crippen molar-refractivity contribution in [1.29, 1.82) is 0 Å². The first-order valence-electron chi connectivity index (χ1n) is 5.76. The molecule has 96 valence electrons. The number of halogens is 2. The highest BCUT2D eigenvalue weighted by Gasteiger charge is 2.23. The summed E-state index contributed by atoms with van der Waals surface area (Å²) in [6.45, 7) is 0.517. The Kier molecular flexibility index (Phi) is 3.21. The van der Waals surface area contributed by atoms with Gasteiger partial charge in [-0.2, -0.15) is 0 Å². The molecule has 0 aromatic heterocycles. The Morgan fingerprint density at radius 2 is 1.89 bits per heavy atom. The molecule has 2 aromatic rings. The lowest BCUT2D eigenvalue weighted by Gasteiger charge is -2.29. The molecule has 0 saturated heterocycles. The van der Waals surface area contributed by atoms with E-state index in [0.29, 0.717) is 11.6 Å². The molecule has 0 saturated carbocycles. The number of benzene rings is 2. The predicted molar refractivity (Wildman–Crippen MR) is 80.8 cm³/mol. The third-order valence-corrected chi connectivity index (χ3v) is 3.78. The summed E-state index contributed by atoms with van der Waals surface area (Å²) in [5.74, 6) is 0. The first-order valence-corrected chi connectivity index (χ1v) is 6.93. The van der Waals surface area contributed by atoms with Gasteiger partial charge < -0.3 is 5.32 Å². The highest BCUT2D eigenvalue weighted by atomic mass is 79.9. The molecule has 1 heterocycles. The summed E-state index contributed by atoms with van der Waals surface area (Å²) in [4.78, 5) is 13.8. The normalized spacial score (nSPS) is 14.0. The first-order chi connectivity index (χ1) is 9.13. The molecule has 0 atom stereocenters. The number of anilines is 2. The number of hydrogen-bond acceptors (Lipinski definition) is 1. The standard InChI is InChI=1S/C14H10BrClN2O/c15-10-1-4-12(5-2-10)18-8-9-7-11(16)3-6-13(9)17-14(18)19/h1-7H,8H2,(H,17,19). The molecule has 0 bridgehead atoms. The Labute approximate surface area is 124 Å². The van der Waals surface area contributed by atoms with Crippen LogP contribution in [0.2, 0.25) is 5.02 Å². The third kappa shape index (κ3) is 2.46. The number of nitrogens with one attached hydrogen (secondary N) is 1. The summed E-state index contributed by atoms with van der Waals surface area (Å²) in [7, 11) is 0. The molecular weight excluding hydrogens is 328 g/mol. The van der Waals surface area contributed by atoms with Crippen LogP contribution < -0.4 is 10.2 Å². The molecule has 0 unspecified atom stereocenters. The van der Waals surface area contributed by atoms with Crippen LogP contribution in [0.5, 0.6) is 0 Å². The fourth-order valence-corrected chi connectivity index (χ4v) is 2.53. The van der Waals surface area contributed by atoms with E-state index in [4.69, 9.17) is 11.6 Å². The van der Waals surface area contributed by atoms with Crippen LogP contribution >= 0.6 is 27.5 Å². The topological polar surface area (TPSA) is 32.3 Å². The lowest BCUT2D eigenvalue weighted by Crippen LogP contribution is -2.38. The number of nitrogens with zero attached hydrogens (tertiary/aromatic N) is 1. The SMILES string of the molecule is O=C1Nc2ccc(Cl)cc2CN1c1ccc(Br)cc1. The summed E-state index contributed by atoms with van der Waals surface area (Å²) >= 11 is 9.37. The zero-order valence-corrected chi connectivity index (χ0v) is 12.2. The number of carbonyl (C=O) groups is 1. The molecule has 0 spiro atoms. The summed E-state index contributed by atoms with van der Waals surface area (Å²) < 4.78 is 0.983. The second-order valence-electron chi connectivity index (χ2n) is 4.29. The van der Waals surface area contributed by atoms with Crippen molar-refractivity contribution in [3.8, 4) is 0 Å². The van der Waals surface area contributed by atoms with E-state index in [2.05, 4.69) is 21.2 Å². The van der Waals surface area contributed by atoms with Crippen LogP contribution in [0, 0.1) is 0 Å². The highest BCUT2D eigenvalue weighted by molar-refractivity contribution is 9.10. The van der Waals surface area contributed by atoms with Crippen molar-refractivity contribution >= 4 is 44.9 Å². The van der Waals surface area contributed by atoms with Gasteiger partial charge in [0.15, 0.2) is 0 Å². The Balaban J connectivity index is 1.96. The largest absolute Gasteiger partial charge is 0.326 e. The maximum absolute atomic E-state index is 12.1. The summed E-state index contributed by atoms with van der Waals surface area (Å²) in [6.07, 6.45) is 0. The number of rotatable bonds is 1. The van der Waals surface area contributed by atoms with Crippen molar-refractivity contribution in [3.05, 3.63) is 57.5 Å². The van der Waals surface area contributed by atoms with Crippen LogP contribution in [-0.4, -0.2) is 6.03 Å². The number of carbonyl (C=O) groups excluding carboxylic acids is 1. The van der Waals surface area contributed by atoms with E-state index in [-0.39, 0.29) is 6.03 Å². The highest BCUT2D eigenvalue weighted by Crippen LogP contribution is 2.29. The van der Waals surface area contributed by atoms with Crippen molar-refractivity contribution in [2.45, 2.75) is 6.54 Å². The van der Waals surface area contributed by atoms with Gasteiger partial charge >= 0.3 is 6.03 Å². The molecule has 2 aromatic carbocycles. The van der Waals surface area contributed by atoms with Crippen molar-refractivity contribution in [2.75, 3.05) is 10.2 Å². The smallest absolute Gasteiger partial charge is 0.307 e. The van der Waals surface area contributed by atoms with Crippen LogP contribution in [0.15, 0.2) is 46.9 Å². The maximum Gasteiger partial charge on any atom is 0.326 e. The minimum absolute atomic E-state index is 0.128. The van der Waals surface area contributed by atoms with Gasteiger partial charge in [0.05, 0.1) is 6.54 Å². The Bertz CT molecular complexity index is 642. The molecule has 2 amide bonds. The molecule has 1 aliphatic heterocycles. The van der Waals surface area contributed by atoms with Gasteiger partial charge in [-0.15, -0.1) is 0 Å². The predicted octanol–water partition coefficient (Wildman–Crippen LogP) is 4.65. The number of fused-ring (bicyclic) bond motifs is 1. The molecule has 0 radical (unpaired) electrons. The van der Waals surface area contributed by atoms with E-state index >= 15 is 0 Å². The van der Waals surface area contributed by atoms with E-state index < -0.39 is 0 Å². The van der Waals surface area contributed by atoms with Gasteiger partial charge in [-0.05, 0) is 48.0 Å². The molecular formula is C14H10BrClN2O. The summed E-state index contributed by atoms with van der Waals surface area (Å²) in [5.41, 5.74) is 2.68. The molecule has 1 N–H and O–H groups in total. The number of hydrogen-bond donors (Lipinski definition) is 1. The molecule has 5 heteroatoms. The van der Waals surface area contributed by atoms with Gasteiger partial charge in [-0.1, -0.05) is 27.5 Å². The maximum atomic E-state index is 12.1. The quantitative estimate of drug-likeness (QED) is 0.807. The van der Waals surface area contributed by atoms with E-state index in [1.165, 1.54) is 0 Å². The fourth-order valence-electron chi connectivity index (χ4n) is 2.07. The van der Waals surface area contributed by atoms with E-state index in [1.54, 1.807) is 11.0 Å². The van der Waals surface area contributed by atoms with Crippen molar-refractivity contribution in [2.24, 2.45) is 0 Å². The summed E-state index contributed by atoms with van der Waals surface area (Å²) in [6, 6.07) is 13.0. The fraction of sp³-hybridized carbons (Fsp3) is 0.0714. The van der Waals surface area contributed by atoms with Crippen LogP contribution in [-0.2, 0) is 6.54 Å². The van der Waals surface area contributed by atoms with Crippen LogP contribution in [0.25, 0.3) is 0 Å². The Hall–Kier alpha value is -1.52. The zero-order chi connectivity index (χ0) is 13.4. The Morgan fingerprint density at radius 1 is 1.16 bits per heavy atom. The lowest BCUT2D eigenvalue weighted by molar-refractivity contribution is 0.256. The van der Waals surface area contributed by atoms with Gasteiger partial charge in [0, 0.05) is 20.9 Å². The molecule has 1 aliphatic rings. The van der Waals surface area contributed by atoms with E-state index in [0.717, 1.165) is 21.4 Å². The second-order valence-corrected chi connectivity index (χ2v) is 5.65. The van der Waals surface area contributed by atoms with Gasteiger partial charge in [-0.3, -0.25) is 4.90 Å². The van der Waals surface area contributed by atoms with Crippen molar-refractivity contribution in [3.63, 3.8) is 0 Å². The summed E-state index contributed by atoms with van der Waals surface area (Å²) in [5, 5.41) is 3.54. The monoisotopic (exact) mass is 336 g/mol. The molecule has 0 fully saturated rings. The second kappa shape index (κ2) is 4.87. The molecule has 0 aliphatic carbocycles. The zero-order valence-electron chi connectivity index (χ0n) is 9.86. The average molecular weight is 338 g/mol. The van der Waals surface area contributed by atoms with Gasteiger partial charge in [0.2, 0.25) is 0 Å². The van der Waals surface area contributed by atoms with E-state index in [9.17, 15) is 4.79 Å². The minimum Gasteiger partial charge on any atom is -0.307 e. The first kappa shape index (κ1) is 12.5. The Morgan fingerprint density at radius 3 is 2.63 bits per heavy atom. The molecule has 19 heavy (non-hydrogen) atoms. The lowest BCUT2D eigenvalue weighted by atomic mass is 10.1. The van der Waals surface area contributed by atoms with E-state index in [1.807, 2.05) is 36.4 Å². The van der Waals surface area contributed by atoms with Crippen molar-refractivity contribution in [1.82, 2.24) is 0 Å². The van der Waals surface area contributed by atoms with Crippen molar-refractivity contribution < 1.29 is 4.79 Å². The molecule has 3 nitrogen and oxygen atoms in total. The minimum atomic E-state index is -0.128. The van der Waals surface area contributed by atoms with Gasteiger partial charge in [-0.25, -0.2) is 4.79 Å². The van der Waals surface area contributed by atoms with Crippen LogP contribution in [0.1, 0.15) is 5.56 Å². The van der Waals surface area contributed by atoms with Crippen LogP contribution in [0.3, 0.4) is 0 Å². The average Bonchev–Trinajstić information content (AvgIpc) is 2.40. The number of amides is 2. The van der Waals surface area contributed by atoms with Crippen LogP contribution in [0.4, 0.5) is 16.2 Å². The van der Waals surface area contributed by atoms with Gasteiger partial charge in [0.25, 0.3) is 0 Å².